The van der Waals surface area contributed by atoms with Gasteiger partial charge < -0.3 is 0 Å². The summed E-state index contributed by atoms with van der Waals surface area (Å²) in [4.78, 5) is 14.9. The minimum absolute atomic E-state index is 0.500. The molecular weight excluding hydrogens is 1330 g/mol. The summed E-state index contributed by atoms with van der Waals surface area (Å²) in [6.45, 7) is 56.7. The highest BCUT2D eigenvalue weighted by Gasteiger charge is 2.04. The van der Waals surface area contributed by atoms with Gasteiger partial charge in [0, 0.05) is 37.2 Å². The van der Waals surface area contributed by atoms with Gasteiger partial charge in [-0.1, -0.05) is 462 Å². The zero-order chi connectivity index (χ0) is 82.3. The Morgan fingerprint density at radius 2 is 0.391 bits per heavy atom. The summed E-state index contributed by atoms with van der Waals surface area (Å²) in [6, 6.07) is 110. The zero-order valence-electron chi connectivity index (χ0n) is 72.4. The van der Waals surface area contributed by atoms with Gasteiger partial charge in [0.05, 0.1) is 0 Å². The van der Waals surface area contributed by atoms with Crippen molar-refractivity contribution >= 4 is 32.3 Å². The molecule has 0 saturated carbocycles. The molecule has 0 aliphatic heterocycles. The fraction of sp³-hybridized carbons (Fsp3) is 0.302. The van der Waals surface area contributed by atoms with Crippen LogP contribution in [0.3, 0.4) is 0 Å². The first-order chi connectivity index (χ1) is 51.6. The summed E-state index contributed by atoms with van der Waals surface area (Å²) in [5.74, 6) is 0. The molecule has 0 amide bonds. The molecule has 0 aliphatic carbocycles. The number of aryl methyl sites for hydroxylation is 2. The van der Waals surface area contributed by atoms with Gasteiger partial charge in [-0.3, -0.25) is 9.97 Å². The lowest BCUT2D eigenvalue weighted by molar-refractivity contribution is 0.469. The summed E-state index contributed by atoms with van der Waals surface area (Å²) >= 11 is 0. The van der Waals surface area contributed by atoms with Crippen LogP contribution in [-0.4, -0.2) is 19.9 Å². The van der Waals surface area contributed by atoms with Crippen LogP contribution < -0.4 is 0 Å². The van der Waals surface area contributed by atoms with Crippen LogP contribution in [0.2, 0.25) is 0 Å². The Morgan fingerprint density at radius 1 is 0.173 bits per heavy atom. The van der Waals surface area contributed by atoms with Crippen molar-refractivity contribution in [2.75, 3.05) is 0 Å². The van der Waals surface area contributed by atoms with Gasteiger partial charge in [-0.25, -0.2) is 9.97 Å². The molecule has 0 saturated heterocycles. The number of benzene rings is 11. The van der Waals surface area contributed by atoms with E-state index in [2.05, 4.69) is 430 Å². The first-order valence-electron chi connectivity index (χ1n) is 38.7. The van der Waals surface area contributed by atoms with Crippen LogP contribution in [-0.2, 0) is 0 Å². The van der Waals surface area contributed by atoms with E-state index < -0.39 is 0 Å². The van der Waals surface area contributed by atoms with Crippen LogP contribution in [0.15, 0.2) is 365 Å². The van der Waals surface area contributed by atoms with Crippen LogP contribution in [0.5, 0.6) is 0 Å². The van der Waals surface area contributed by atoms with Gasteiger partial charge in [0.1, 0.15) is 6.33 Å². The lowest BCUT2D eigenvalue weighted by atomic mass is 9.98. The summed E-state index contributed by atoms with van der Waals surface area (Å²) in [6.07, 6.45) is 11.9. The number of pyridine rings is 2. The first kappa shape index (κ1) is 97.6. The highest BCUT2D eigenvalue weighted by atomic mass is 14.8. The molecule has 3 heterocycles. The fourth-order valence-electron chi connectivity index (χ4n) is 8.14. The Kier molecular flexibility index (Phi) is 48.1. The molecular formula is C106H138N4. The van der Waals surface area contributed by atoms with Crippen molar-refractivity contribution in [3.63, 3.8) is 0 Å². The Bertz CT molecular complexity index is 4010. The molecule has 0 radical (unpaired) electrons. The maximum Gasteiger partial charge on any atom is 0.115 e. The molecule has 0 spiro atoms. The molecule has 0 bridgehead atoms. The Hall–Kier alpha value is -10.4. The lowest BCUT2D eigenvalue weighted by Gasteiger charge is -2.06. The molecule has 0 atom stereocenters. The van der Waals surface area contributed by atoms with E-state index in [1.807, 2.05) is 84.9 Å². The number of nitrogens with zero attached hydrogens (tertiary/aromatic N) is 4. The van der Waals surface area contributed by atoms with Crippen LogP contribution in [0.1, 0.15) is 177 Å². The van der Waals surface area contributed by atoms with Gasteiger partial charge in [-0.05, 0) is 148 Å². The predicted octanol–water partition coefficient (Wildman–Crippen LogP) is 32.5. The van der Waals surface area contributed by atoms with Gasteiger partial charge in [0.15, 0.2) is 0 Å². The van der Waals surface area contributed by atoms with Crippen LogP contribution >= 0.6 is 0 Å². The summed E-state index contributed by atoms with van der Waals surface area (Å²) in [5.41, 5.74) is 13.3. The average molecular weight is 1470 g/mol. The largest absolute Gasteiger partial charge is 0.265 e. The van der Waals surface area contributed by atoms with Gasteiger partial charge in [-0.2, -0.15) is 0 Å². The van der Waals surface area contributed by atoms with E-state index in [4.69, 9.17) is 0 Å². The van der Waals surface area contributed by atoms with Crippen molar-refractivity contribution in [3.05, 3.63) is 376 Å². The summed E-state index contributed by atoms with van der Waals surface area (Å²) < 4.78 is 0. The van der Waals surface area contributed by atoms with Crippen LogP contribution in [0.25, 0.3) is 65.7 Å². The molecule has 0 unspecified atom stereocenters. The Balaban J connectivity index is 0.000000612. The molecule has 4 nitrogen and oxygen atoms in total. The summed E-state index contributed by atoms with van der Waals surface area (Å²) in [7, 11) is 0. The van der Waals surface area contributed by atoms with Crippen molar-refractivity contribution in [1.29, 1.82) is 0 Å². The molecule has 14 rings (SSSR count). The summed E-state index contributed by atoms with van der Waals surface area (Å²) in [5, 5.41) is 7.91. The van der Waals surface area contributed by atoms with Gasteiger partial charge in [0.2, 0.25) is 0 Å². The van der Waals surface area contributed by atoms with E-state index in [0.29, 0.717) is 32.5 Å². The SMILES string of the molecule is CC(C)(C)C.CC(C)(C)C.CC(C)(C)C.CC(C)(C)C.CC(C)(C)C.CC(C)(C)C.Cc1ccccc1.Cc1ccccc1.c1ccc(-c2cccc(-c3ccccc3)c2)cc1.c1ccc(-c2cccc3ccccc23)cc1.c1ccc2c(c1)ccc1ccccc12.c1ccncc1.c1ccncc1.c1cncnc1. The maximum absolute atomic E-state index is 3.78. The van der Waals surface area contributed by atoms with Crippen molar-refractivity contribution in [2.24, 2.45) is 32.5 Å². The van der Waals surface area contributed by atoms with Crippen LogP contribution in [0, 0.1) is 46.3 Å². The fourth-order valence-corrected chi connectivity index (χ4v) is 8.14. The second-order valence-electron chi connectivity index (χ2n) is 36.0. The van der Waals surface area contributed by atoms with Crippen LogP contribution in [0.4, 0.5) is 0 Å². The van der Waals surface area contributed by atoms with E-state index >= 15 is 0 Å². The standard InChI is InChI=1S/C18H14.C16H12.C14H10.2C7H8.2C5H5N.6C5H12.C4H4N2/c1-3-8-15(9-4-1)17-12-7-13-18(14-17)16-10-5-2-6-11-16;1-2-7-13(8-3-1)16-12-6-10-14-9-4-5-11-15(14)16;1-3-7-13-11(5-1)9-10-12-6-2-4-8-14(12)13;2*1-7-5-3-2-4-6-7;2*1-2-4-6-5-3-1;6*1-5(2,3)4;1-2-5-4-6-3-1/h1-14H;1-12H;1-10H;2*2-6H,1H3;2*1-5H;6*1-4H3;1-4H. The average Bonchev–Trinajstić information content (AvgIpc) is 0.813. The molecule has 11 aromatic carbocycles. The third-order valence-corrected chi connectivity index (χ3v) is 12.1. The smallest absolute Gasteiger partial charge is 0.115 e. The van der Waals surface area contributed by atoms with Crippen molar-refractivity contribution in [2.45, 2.75) is 180 Å². The Morgan fingerprint density at radius 3 is 0.636 bits per heavy atom. The maximum atomic E-state index is 3.78. The Labute approximate surface area is 670 Å². The molecule has 14 aromatic rings. The minimum atomic E-state index is 0.500. The molecule has 3 aromatic heterocycles. The van der Waals surface area contributed by atoms with Gasteiger partial charge in [-0.15, -0.1) is 0 Å². The van der Waals surface area contributed by atoms with E-state index in [0.717, 1.165) is 0 Å². The van der Waals surface area contributed by atoms with Crippen molar-refractivity contribution in [3.8, 4) is 33.4 Å². The number of rotatable bonds is 3. The predicted molar refractivity (Wildman–Crippen MR) is 492 cm³/mol. The molecule has 4 heteroatoms. The molecule has 0 fully saturated rings. The molecule has 582 valence electrons. The topological polar surface area (TPSA) is 51.6 Å². The second kappa shape index (κ2) is 54.2. The third-order valence-electron chi connectivity index (χ3n) is 12.1. The molecule has 0 aliphatic rings. The zero-order valence-corrected chi connectivity index (χ0v) is 72.4. The number of hydrogen-bond acceptors (Lipinski definition) is 4. The van der Waals surface area contributed by atoms with E-state index in [-0.39, 0.29) is 0 Å². The van der Waals surface area contributed by atoms with Gasteiger partial charge >= 0.3 is 0 Å². The number of fused-ring (bicyclic) bond motifs is 4. The lowest BCUT2D eigenvalue weighted by Crippen LogP contribution is -1.93. The van der Waals surface area contributed by atoms with E-state index in [1.165, 1.54) is 83.2 Å². The second-order valence-corrected chi connectivity index (χ2v) is 36.0. The first-order valence-corrected chi connectivity index (χ1v) is 38.7. The van der Waals surface area contributed by atoms with E-state index in [9.17, 15) is 0 Å². The highest BCUT2D eigenvalue weighted by Crippen LogP contribution is 2.29. The van der Waals surface area contributed by atoms with Crippen molar-refractivity contribution < 1.29 is 0 Å². The normalized spacial score (nSPS) is 10.3. The van der Waals surface area contributed by atoms with Gasteiger partial charge in [0.25, 0.3) is 0 Å². The third kappa shape index (κ3) is 61.6. The minimum Gasteiger partial charge on any atom is -0.265 e. The van der Waals surface area contributed by atoms with Crippen molar-refractivity contribution in [1.82, 2.24) is 19.9 Å². The quantitative estimate of drug-likeness (QED) is 0.165. The molecule has 110 heavy (non-hydrogen) atoms. The monoisotopic (exact) mass is 1470 g/mol. The highest BCUT2D eigenvalue weighted by molar-refractivity contribution is 6.07. The number of hydrogen-bond donors (Lipinski definition) is 0. The number of aromatic nitrogens is 4. The van der Waals surface area contributed by atoms with E-state index in [1.54, 1.807) is 43.2 Å². The molecule has 0 N–H and O–H groups in total.